The van der Waals surface area contributed by atoms with Crippen molar-refractivity contribution in [3.8, 4) is 0 Å². The lowest BCUT2D eigenvalue weighted by Crippen LogP contribution is -2.32. The molecule has 25 heavy (non-hydrogen) atoms. The van der Waals surface area contributed by atoms with Gasteiger partial charge in [-0.3, -0.25) is 0 Å². The second-order valence-electron chi connectivity index (χ2n) is 5.72. The molecule has 2 rings (SSSR count). The Hall–Kier alpha value is -2.40. The van der Waals surface area contributed by atoms with Crippen molar-refractivity contribution in [2.24, 2.45) is 0 Å². The van der Waals surface area contributed by atoms with Gasteiger partial charge in [0.1, 0.15) is 0 Å². The van der Waals surface area contributed by atoms with Crippen LogP contribution < -0.4 is 10.6 Å². The number of nitrogens with one attached hydrogen (secondary N) is 2. The van der Waals surface area contributed by atoms with Gasteiger partial charge in [0.15, 0.2) is 5.11 Å². The molecule has 0 fully saturated rings. The number of rotatable bonds is 6. The van der Waals surface area contributed by atoms with Crippen LogP contribution >= 0.6 is 12.2 Å². The van der Waals surface area contributed by atoms with E-state index in [1.54, 1.807) is 25.1 Å². The molecule has 0 aliphatic rings. The third kappa shape index (κ3) is 5.29. The fourth-order valence-corrected chi connectivity index (χ4v) is 2.90. The van der Waals surface area contributed by atoms with E-state index in [1.807, 2.05) is 18.2 Å². The van der Waals surface area contributed by atoms with Crippen LogP contribution in [0.4, 0.5) is 5.69 Å². The topological polar surface area (TPSA) is 50.4 Å². The lowest BCUT2D eigenvalue weighted by molar-refractivity contribution is 0.0526. The Morgan fingerprint density at radius 3 is 2.60 bits per heavy atom. The van der Waals surface area contributed by atoms with Gasteiger partial charge in [-0.15, -0.1) is 0 Å². The summed E-state index contributed by atoms with van der Waals surface area (Å²) in [5.74, 6) is -0.337. The summed E-state index contributed by atoms with van der Waals surface area (Å²) in [7, 11) is 0. The van der Waals surface area contributed by atoms with Gasteiger partial charge in [0.05, 0.1) is 18.2 Å². The lowest BCUT2D eigenvalue weighted by Gasteiger charge is -2.21. The molecule has 2 N–H and O–H groups in total. The lowest BCUT2D eigenvalue weighted by atomic mass is 10.00. The van der Waals surface area contributed by atoms with Crippen molar-refractivity contribution in [3.05, 3.63) is 65.2 Å². The van der Waals surface area contributed by atoms with Crippen LogP contribution in [0.15, 0.2) is 48.5 Å². The van der Waals surface area contributed by atoms with Crippen molar-refractivity contribution in [2.45, 2.75) is 33.2 Å². The number of benzene rings is 2. The average molecular weight is 356 g/mol. The molecule has 0 amide bonds. The number of ether oxygens (including phenoxy) is 1. The third-order valence-electron chi connectivity index (χ3n) is 3.91. The van der Waals surface area contributed by atoms with Crippen molar-refractivity contribution in [1.82, 2.24) is 5.32 Å². The first kappa shape index (κ1) is 18.9. The summed E-state index contributed by atoms with van der Waals surface area (Å²) in [5.41, 5.74) is 3.71. The third-order valence-corrected chi connectivity index (χ3v) is 4.13. The molecule has 0 saturated heterocycles. The highest BCUT2D eigenvalue weighted by atomic mass is 32.1. The minimum Gasteiger partial charge on any atom is -0.462 e. The largest absolute Gasteiger partial charge is 0.462 e. The average Bonchev–Trinajstić information content (AvgIpc) is 2.61. The molecule has 0 bridgehead atoms. The van der Waals surface area contributed by atoms with E-state index >= 15 is 0 Å². The molecular weight excluding hydrogens is 332 g/mol. The molecule has 5 heteroatoms. The van der Waals surface area contributed by atoms with Gasteiger partial charge < -0.3 is 15.4 Å². The summed E-state index contributed by atoms with van der Waals surface area (Å²) in [6.45, 7) is 6.35. The minimum atomic E-state index is -0.337. The van der Waals surface area contributed by atoms with Crippen LogP contribution in [0.25, 0.3) is 0 Å². The van der Waals surface area contributed by atoms with Gasteiger partial charge in [0, 0.05) is 5.69 Å². The van der Waals surface area contributed by atoms with Crippen LogP contribution in [0.2, 0.25) is 0 Å². The van der Waals surface area contributed by atoms with Crippen LogP contribution in [0, 0.1) is 6.92 Å². The zero-order valence-electron chi connectivity index (χ0n) is 14.8. The fraction of sp³-hybridized carbons (Fsp3) is 0.300. The summed E-state index contributed by atoms with van der Waals surface area (Å²) in [6.07, 6.45) is 0.912. The Kier molecular flexibility index (Phi) is 6.95. The number of thiocarbonyl (C=S) groups is 1. The van der Waals surface area contributed by atoms with Gasteiger partial charge in [-0.05, 0) is 61.8 Å². The van der Waals surface area contributed by atoms with E-state index in [-0.39, 0.29) is 12.0 Å². The summed E-state index contributed by atoms with van der Waals surface area (Å²) in [5, 5.41) is 7.02. The number of anilines is 1. The first-order valence-corrected chi connectivity index (χ1v) is 8.86. The molecular formula is C20H24N2O2S. The van der Waals surface area contributed by atoms with Crippen LogP contribution in [-0.2, 0) is 4.74 Å². The smallest absolute Gasteiger partial charge is 0.338 e. The number of hydrogen-bond acceptors (Lipinski definition) is 3. The zero-order valence-corrected chi connectivity index (χ0v) is 15.7. The molecule has 0 aromatic heterocycles. The quantitative estimate of drug-likeness (QED) is 0.585. The predicted octanol–water partition coefficient (Wildman–Crippen LogP) is 4.61. The monoisotopic (exact) mass is 356 g/mol. The van der Waals surface area contributed by atoms with Crippen LogP contribution in [0.3, 0.4) is 0 Å². The molecule has 1 atom stereocenters. The summed E-state index contributed by atoms with van der Waals surface area (Å²) in [6, 6.07) is 15.5. The maximum absolute atomic E-state index is 11.8. The zero-order chi connectivity index (χ0) is 18.2. The van der Waals surface area contributed by atoms with E-state index in [2.05, 4.69) is 36.6 Å². The fourth-order valence-electron chi connectivity index (χ4n) is 2.64. The Labute approximate surface area is 154 Å². The Balaban J connectivity index is 2.05. The van der Waals surface area contributed by atoms with E-state index in [0.29, 0.717) is 17.3 Å². The van der Waals surface area contributed by atoms with Crippen molar-refractivity contribution >= 4 is 29.0 Å². The second-order valence-corrected chi connectivity index (χ2v) is 6.13. The SMILES string of the molecule is CCOC(=O)c1cccc(NC(=S)NC(CC)c2ccccc2C)c1. The van der Waals surface area contributed by atoms with E-state index in [4.69, 9.17) is 17.0 Å². The molecule has 0 aliphatic carbocycles. The van der Waals surface area contributed by atoms with E-state index in [0.717, 1.165) is 12.1 Å². The van der Waals surface area contributed by atoms with Crippen molar-refractivity contribution in [2.75, 3.05) is 11.9 Å². The van der Waals surface area contributed by atoms with Crippen molar-refractivity contribution in [3.63, 3.8) is 0 Å². The van der Waals surface area contributed by atoms with Gasteiger partial charge in [0.2, 0.25) is 0 Å². The van der Waals surface area contributed by atoms with Crippen LogP contribution in [0.5, 0.6) is 0 Å². The first-order chi connectivity index (χ1) is 12.0. The van der Waals surface area contributed by atoms with Gasteiger partial charge in [0.25, 0.3) is 0 Å². The molecule has 4 nitrogen and oxygen atoms in total. The van der Waals surface area contributed by atoms with Crippen LogP contribution in [0.1, 0.15) is 47.8 Å². The van der Waals surface area contributed by atoms with Gasteiger partial charge in [-0.2, -0.15) is 0 Å². The predicted molar refractivity (Wildman–Crippen MR) is 106 cm³/mol. The molecule has 1 unspecified atom stereocenters. The number of esters is 1. The van der Waals surface area contributed by atoms with E-state index in [9.17, 15) is 4.79 Å². The minimum absolute atomic E-state index is 0.134. The van der Waals surface area contributed by atoms with Gasteiger partial charge in [-0.25, -0.2) is 4.79 Å². The number of carbonyl (C=O) groups is 1. The first-order valence-electron chi connectivity index (χ1n) is 8.45. The maximum atomic E-state index is 11.8. The van der Waals surface area contributed by atoms with Gasteiger partial charge in [-0.1, -0.05) is 37.3 Å². The normalized spacial score (nSPS) is 11.5. The second kappa shape index (κ2) is 9.18. The van der Waals surface area contributed by atoms with Crippen LogP contribution in [-0.4, -0.2) is 17.7 Å². The molecule has 0 radical (unpaired) electrons. The Morgan fingerprint density at radius 2 is 1.92 bits per heavy atom. The van der Waals surface area contributed by atoms with E-state index in [1.165, 1.54) is 11.1 Å². The standard InChI is InChI=1S/C20H24N2O2S/c1-4-18(17-12-7-6-9-14(17)3)22-20(25)21-16-11-8-10-15(13-16)19(23)24-5-2/h6-13,18H,4-5H2,1-3H3,(H2,21,22,25). The number of hydrogen-bond donors (Lipinski definition) is 2. The Bertz CT molecular complexity index is 746. The molecule has 0 spiro atoms. The molecule has 132 valence electrons. The summed E-state index contributed by atoms with van der Waals surface area (Å²) in [4.78, 5) is 11.8. The maximum Gasteiger partial charge on any atom is 0.338 e. The van der Waals surface area contributed by atoms with Crippen molar-refractivity contribution in [1.29, 1.82) is 0 Å². The molecule has 0 aliphatic heterocycles. The Morgan fingerprint density at radius 1 is 1.16 bits per heavy atom. The van der Waals surface area contributed by atoms with Crippen molar-refractivity contribution < 1.29 is 9.53 Å². The summed E-state index contributed by atoms with van der Waals surface area (Å²) < 4.78 is 5.03. The summed E-state index contributed by atoms with van der Waals surface area (Å²) >= 11 is 5.44. The number of carbonyl (C=O) groups excluding carboxylic acids is 1. The molecule has 0 heterocycles. The van der Waals surface area contributed by atoms with Gasteiger partial charge >= 0.3 is 5.97 Å². The number of aryl methyl sites for hydroxylation is 1. The highest BCUT2D eigenvalue weighted by molar-refractivity contribution is 7.80. The highest BCUT2D eigenvalue weighted by Gasteiger charge is 2.13. The molecule has 2 aromatic rings. The highest BCUT2D eigenvalue weighted by Crippen LogP contribution is 2.20. The van der Waals surface area contributed by atoms with E-state index < -0.39 is 0 Å². The molecule has 0 saturated carbocycles. The molecule has 2 aromatic carbocycles.